The molecular formula is C3H4F3O. The van der Waals surface area contributed by atoms with Crippen molar-refractivity contribution in [3.63, 3.8) is 0 Å². The van der Waals surface area contributed by atoms with Gasteiger partial charge in [-0.25, -0.2) is 13.2 Å². The first kappa shape index (κ1) is 6.75. The van der Waals surface area contributed by atoms with Crippen molar-refractivity contribution in [1.29, 1.82) is 0 Å². The van der Waals surface area contributed by atoms with Crippen LogP contribution in [0, 0.1) is 0 Å². The Balaban J connectivity index is 3.14. The highest BCUT2D eigenvalue weighted by atomic mass is 19.2. The van der Waals surface area contributed by atoms with Crippen LogP contribution in [-0.4, -0.2) is 19.2 Å². The maximum absolute atomic E-state index is 11.2. The third-order valence-electron chi connectivity index (χ3n) is 0.432. The molecule has 0 spiro atoms. The van der Waals surface area contributed by atoms with E-state index in [1.54, 1.807) is 0 Å². The second-order valence-electron chi connectivity index (χ2n) is 1.02. The van der Waals surface area contributed by atoms with Crippen molar-refractivity contribution in [2.45, 2.75) is 12.5 Å². The van der Waals surface area contributed by atoms with Crippen LogP contribution in [0.4, 0.5) is 13.2 Å². The summed E-state index contributed by atoms with van der Waals surface area (Å²) in [6.45, 7) is -1.54. The van der Waals surface area contributed by atoms with Gasteiger partial charge in [0, 0.05) is 0 Å². The van der Waals surface area contributed by atoms with E-state index in [2.05, 4.69) is 0 Å². The third-order valence-corrected chi connectivity index (χ3v) is 0.432. The Labute approximate surface area is 38.8 Å². The summed E-state index contributed by atoms with van der Waals surface area (Å²) in [4.78, 5) is 0. The van der Waals surface area contributed by atoms with Gasteiger partial charge in [0.05, 0.1) is 0 Å². The van der Waals surface area contributed by atoms with Gasteiger partial charge in [-0.1, -0.05) is 0 Å². The largest absolute Gasteiger partial charge is 0.264 e. The van der Waals surface area contributed by atoms with Crippen molar-refractivity contribution in [2.75, 3.05) is 6.67 Å². The summed E-state index contributed by atoms with van der Waals surface area (Å²) in [5, 5.41) is 9.18. The van der Waals surface area contributed by atoms with Crippen molar-refractivity contribution in [3.8, 4) is 0 Å². The summed E-state index contributed by atoms with van der Waals surface area (Å²) in [5.74, 6) is 0. The summed E-state index contributed by atoms with van der Waals surface area (Å²) < 4.78 is 32.9. The fourth-order valence-electron chi connectivity index (χ4n) is 0.0700. The average molecular weight is 113 g/mol. The van der Waals surface area contributed by atoms with Crippen LogP contribution in [0.1, 0.15) is 0 Å². The van der Waals surface area contributed by atoms with E-state index < -0.39 is 19.2 Å². The summed E-state index contributed by atoms with van der Waals surface area (Å²) in [7, 11) is 0. The lowest BCUT2D eigenvalue weighted by atomic mass is 10.4. The van der Waals surface area contributed by atoms with Gasteiger partial charge in [-0.3, -0.25) is 0 Å². The van der Waals surface area contributed by atoms with Crippen LogP contribution >= 0.6 is 0 Å². The Hall–Kier alpha value is -0.250. The lowest BCUT2D eigenvalue weighted by Gasteiger charge is -1.96. The molecule has 0 aromatic carbocycles. The van der Waals surface area contributed by atoms with E-state index in [1.165, 1.54) is 0 Å². The van der Waals surface area contributed by atoms with Crippen molar-refractivity contribution >= 4 is 0 Å². The fourth-order valence-corrected chi connectivity index (χ4v) is 0.0700. The van der Waals surface area contributed by atoms with E-state index in [0.717, 1.165) is 0 Å². The monoisotopic (exact) mass is 113 g/mol. The topological polar surface area (TPSA) is 19.9 Å². The lowest BCUT2D eigenvalue weighted by molar-refractivity contribution is -0.0829. The Kier molecular flexibility index (Phi) is 2.75. The molecule has 0 aliphatic heterocycles. The predicted octanol–water partition coefficient (Wildman–Crippen LogP) is 1.02. The Morgan fingerprint density at radius 1 is 1.43 bits per heavy atom. The maximum Gasteiger partial charge on any atom is 0.264 e. The zero-order valence-electron chi connectivity index (χ0n) is 3.40. The molecule has 0 aromatic heterocycles. The number of alkyl halides is 3. The van der Waals surface area contributed by atoms with Crippen LogP contribution in [0.2, 0.25) is 0 Å². The molecule has 0 N–H and O–H groups in total. The van der Waals surface area contributed by atoms with Gasteiger partial charge in [-0.15, -0.1) is 0 Å². The molecule has 1 radical (unpaired) electrons. The van der Waals surface area contributed by atoms with Crippen LogP contribution in [0.25, 0.3) is 0 Å². The van der Waals surface area contributed by atoms with Crippen LogP contribution in [0.15, 0.2) is 0 Å². The van der Waals surface area contributed by atoms with Gasteiger partial charge in [0.15, 0.2) is 6.17 Å². The fraction of sp³-hybridized carbons (Fsp3) is 1.00. The molecule has 0 aromatic rings. The molecule has 0 rings (SSSR count). The predicted molar refractivity (Wildman–Crippen MR) is 16.5 cm³/mol. The Morgan fingerprint density at radius 3 is 1.86 bits per heavy atom. The van der Waals surface area contributed by atoms with Crippen molar-refractivity contribution in [1.82, 2.24) is 0 Å². The van der Waals surface area contributed by atoms with Crippen LogP contribution < -0.4 is 0 Å². The van der Waals surface area contributed by atoms with Crippen LogP contribution in [0.3, 0.4) is 0 Å². The van der Waals surface area contributed by atoms with Gasteiger partial charge >= 0.3 is 0 Å². The van der Waals surface area contributed by atoms with E-state index in [0.29, 0.717) is 0 Å². The first-order valence-corrected chi connectivity index (χ1v) is 1.68. The average Bonchev–Trinajstić information content (AvgIpc) is 1.65. The molecule has 0 bridgehead atoms. The van der Waals surface area contributed by atoms with Gasteiger partial charge in [-0.2, -0.15) is 5.11 Å². The molecule has 0 aliphatic carbocycles. The normalized spacial score (nSPS) is 18.9. The summed E-state index contributed by atoms with van der Waals surface area (Å²) >= 11 is 0. The minimum absolute atomic E-state index is 1.54. The molecule has 0 saturated carbocycles. The standard InChI is InChI=1S/C3H4F3O/c4-1-2(5)3(6)7/h2-3H,1H2. The molecule has 0 amide bonds. The summed E-state index contributed by atoms with van der Waals surface area (Å²) in [6.07, 6.45) is -5.41. The zero-order chi connectivity index (χ0) is 5.86. The second kappa shape index (κ2) is 2.85. The summed E-state index contributed by atoms with van der Waals surface area (Å²) in [5.41, 5.74) is 0. The first-order chi connectivity index (χ1) is 3.18. The quantitative estimate of drug-likeness (QED) is 0.509. The van der Waals surface area contributed by atoms with Crippen LogP contribution in [0.5, 0.6) is 0 Å². The maximum atomic E-state index is 11.2. The molecule has 1 nitrogen and oxygen atoms in total. The van der Waals surface area contributed by atoms with E-state index in [4.69, 9.17) is 0 Å². The van der Waals surface area contributed by atoms with E-state index in [1.807, 2.05) is 0 Å². The number of rotatable bonds is 2. The SMILES string of the molecule is [O]C(F)C(F)CF. The number of hydrogen-bond acceptors (Lipinski definition) is 0. The number of hydrogen-bond donors (Lipinski definition) is 0. The minimum atomic E-state index is -2.93. The van der Waals surface area contributed by atoms with E-state index in [-0.39, 0.29) is 0 Å². The van der Waals surface area contributed by atoms with E-state index in [9.17, 15) is 18.3 Å². The highest BCUT2D eigenvalue weighted by Gasteiger charge is 2.17. The summed E-state index contributed by atoms with van der Waals surface area (Å²) in [6, 6.07) is 0. The molecule has 0 fully saturated rings. The minimum Gasteiger partial charge on any atom is -0.248 e. The smallest absolute Gasteiger partial charge is 0.248 e. The molecule has 0 saturated heterocycles. The highest BCUT2D eigenvalue weighted by Crippen LogP contribution is 2.00. The molecule has 4 heteroatoms. The third kappa shape index (κ3) is 2.45. The molecule has 0 heterocycles. The molecule has 2 unspecified atom stereocenters. The van der Waals surface area contributed by atoms with Crippen molar-refractivity contribution in [3.05, 3.63) is 0 Å². The second-order valence-corrected chi connectivity index (χ2v) is 1.02. The molecular weight excluding hydrogens is 109 g/mol. The van der Waals surface area contributed by atoms with Crippen molar-refractivity contribution in [2.24, 2.45) is 0 Å². The van der Waals surface area contributed by atoms with Gasteiger partial charge in [-0.05, 0) is 0 Å². The van der Waals surface area contributed by atoms with Gasteiger partial charge in [0.25, 0.3) is 6.36 Å². The molecule has 0 aliphatic rings. The Bertz CT molecular complexity index is 47.4. The van der Waals surface area contributed by atoms with Gasteiger partial charge in [0.2, 0.25) is 0 Å². The molecule has 2 atom stereocenters. The van der Waals surface area contributed by atoms with Crippen LogP contribution in [-0.2, 0) is 5.11 Å². The van der Waals surface area contributed by atoms with Gasteiger partial charge in [0.1, 0.15) is 6.67 Å². The van der Waals surface area contributed by atoms with E-state index >= 15 is 0 Å². The lowest BCUT2D eigenvalue weighted by Crippen LogP contribution is -2.16. The molecule has 43 valence electrons. The number of halogens is 3. The zero-order valence-corrected chi connectivity index (χ0v) is 3.40. The Morgan fingerprint density at radius 2 is 1.86 bits per heavy atom. The van der Waals surface area contributed by atoms with Gasteiger partial charge < -0.3 is 0 Å². The first-order valence-electron chi connectivity index (χ1n) is 1.68. The highest BCUT2D eigenvalue weighted by molar-refractivity contribution is 4.52. The van der Waals surface area contributed by atoms with Crippen molar-refractivity contribution < 1.29 is 18.3 Å². The molecule has 7 heavy (non-hydrogen) atoms.